The van der Waals surface area contributed by atoms with Crippen molar-refractivity contribution in [3.63, 3.8) is 0 Å². The Labute approximate surface area is 146 Å². The molecule has 0 unspecified atom stereocenters. The number of anilines is 1. The molecule has 0 radical (unpaired) electrons. The van der Waals surface area contributed by atoms with Crippen LogP contribution in [0.5, 0.6) is 0 Å². The van der Waals surface area contributed by atoms with Crippen LogP contribution in [0.15, 0.2) is 41.3 Å². The minimum Gasteiger partial charge on any atom is -0.334 e. The Bertz CT molecular complexity index is 898. The number of hydrogen-bond donors (Lipinski definition) is 3. The van der Waals surface area contributed by atoms with Crippen molar-refractivity contribution < 1.29 is 17.6 Å². The Hall–Kier alpha value is -2.45. The van der Waals surface area contributed by atoms with Crippen LogP contribution >= 0.6 is 0 Å². The number of halogens is 1. The fourth-order valence-electron chi connectivity index (χ4n) is 2.25. The van der Waals surface area contributed by atoms with E-state index in [9.17, 15) is 17.6 Å². The van der Waals surface area contributed by atoms with Gasteiger partial charge in [0.05, 0.1) is 4.90 Å². The summed E-state index contributed by atoms with van der Waals surface area (Å²) in [5.41, 5.74) is 2.19. The minimum atomic E-state index is -3.61. The molecule has 0 aromatic heterocycles. The first kappa shape index (κ1) is 18.9. The zero-order chi connectivity index (χ0) is 18.6. The van der Waals surface area contributed by atoms with E-state index in [1.165, 1.54) is 19.2 Å². The number of hydrogen-bond acceptors (Lipinski definition) is 3. The summed E-state index contributed by atoms with van der Waals surface area (Å²) in [5, 5.41) is 5.23. The summed E-state index contributed by atoms with van der Waals surface area (Å²) in [6, 6.07) is 8.72. The number of rotatable bonds is 5. The summed E-state index contributed by atoms with van der Waals surface area (Å²) >= 11 is 0. The number of amides is 2. The van der Waals surface area contributed by atoms with Crippen molar-refractivity contribution in [3.8, 4) is 0 Å². The van der Waals surface area contributed by atoms with E-state index in [0.29, 0.717) is 16.8 Å². The Morgan fingerprint density at radius 3 is 2.44 bits per heavy atom. The molecule has 0 aliphatic carbocycles. The van der Waals surface area contributed by atoms with E-state index in [-0.39, 0.29) is 17.3 Å². The highest BCUT2D eigenvalue weighted by Crippen LogP contribution is 2.20. The summed E-state index contributed by atoms with van der Waals surface area (Å²) in [6.45, 7) is 3.54. The highest BCUT2D eigenvalue weighted by molar-refractivity contribution is 7.89. The van der Waals surface area contributed by atoms with Gasteiger partial charge in [-0.25, -0.2) is 22.3 Å². The summed E-state index contributed by atoms with van der Waals surface area (Å²) < 4.78 is 39.4. The lowest BCUT2D eigenvalue weighted by Gasteiger charge is -2.11. The number of aryl methyl sites for hydroxylation is 2. The van der Waals surface area contributed by atoms with Crippen molar-refractivity contribution in [2.24, 2.45) is 0 Å². The zero-order valence-corrected chi connectivity index (χ0v) is 15.0. The van der Waals surface area contributed by atoms with Crippen LogP contribution in [0.4, 0.5) is 14.9 Å². The predicted molar refractivity (Wildman–Crippen MR) is 94.4 cm³/mol. The molecule has 0 atom stereocenters. The molecule has 0 spiro atoms. The molecule has 2 aromatic carbocycles. The number of sulfonamides is 1. The van der Waals surface area contributed by atoms with Gasteiger partial charge in [-0.15, -0.1) is 0 Å². The van der Waals surface area contributed by atoms with Crippen LogP contribution in [0, 0.1) is 19.7 Å². The molecule has 8 heteroatoms. The van der Waals surface area contributed by atoms with Crippen molar-refractivity contribution in [2.75, 3.05) is 12.4 Å². The van der Waals surface area contributed by atoms with E-state index >= 15 is 0 Å². The van der Waals surface area contributed by atoms with Gasteiger partial charge in [0.15, 0.2) is 0 Å². The van der Waals surface area contributed by atoms with E-state index in [4.69, 9.17) is 0 Å². The number of benzene rings is 2. The van der Waals surface area contributed by atoms with Gasteiger partial charge >= 0.3 is 6.03 Å². The third-order valence-electron chi connectivity index (χ3n) is 3.68. The van der Waals surface area contributed by atoms with Crippen LogP contribution in [0.1, 0.15) is 16.7 Å². The Morgan fingerprint density at radius 2 is 1.80 bits per heavy atom. The molecule has 134 valence electrons. The average molecular weight is 365 g/mol. The first-order chi connectivity index (χ1) is 11.7. The van der Waals surface area contributed by atoms with E-state index in [0.717, 1.165) is 5.56 Å². The van der Waals surface area contributed by atoms with Gasteiger partial charge in [-0.05, 0) is 55.8 Å². The lowest BCUT2D eigenvalue weighted by atomic mass is 10.1. The lowest BCUT2D eigenvalue weighted by Crippen LogP contribution is -2.28. The summed E-state index contributed by atoms with van der Waals surface area (Å²) in [7, 11) is -2.28. The highest BCUT2D eigenvalue weighted by atomic mass is 32.2. The largest absolute Gasteiger partial charge is 0.334 e. The molecular formula is C17H20FN3O3S. The second-order valence-corrected chi connectivity index (χ2v) is 7.43. The van der Waals surface area contributed by atoms with Gasteiger partial charge in [0.2, 0.25) is 10.0 Å². The molecule has 0 saturated carbocycles. The van der Waals surface area contributed by atoms with Crippen molar-refractivity contribution in [1.29, 1.82) is 0 Å². The highest BCUT2D eigenvalue weighted by Gasteiger charge is 2.15. The van der Waals surface area contributed by atoms with E-state index < -0.39 is 16.1 Å². The van der Waals surface area contributed by atoms with Gasteiger partial charge in [-0.2, -0.15) is 0 Å². The van der Waals surface area contributed by atoms with Gasteiger partial charge in [0.25, 0.3) is 0 Å². The number of carbonyl (C=O) groups excluding carboxylic acids is 1. The third-order valence-corrected chi connectivity index (χ3v) is 5.24. The zero-order valence-electron chi connectivity index (χ0n) is 14.2. The Morgan fingerprint density at radius 1 is 1.08 bits per heavy atom. The number of carbonyl (C=O) groups is 1. The van der Waals surface area contributed by atoms with Gasteiger partial charge < -0.3 is 10.6 Å². The Kier molecular flexibility index (Phi) is 5.76. The van der Waals surface area contributed by atoms with E-state index in [1.807, 2.05) is 0 Å². The summed E-state index contributed by atoms with van der Waals surface area (Å²) in [5.74, 6) is -0.300. The second kappa shape index (κ2) is 7.62. The van der Waals surface area contributed by atoms with Crippen LogP contribution in [0.2, 0.25) is 0 Å². The molecule has 2 amide bonds. The van der Waals surface area contributed by atoms with Gasteiger partial charge in [0.1, 0.15) is 5.82 Å². The first-order valence-electron chi connectivity index (χ1n) is 7.57. The monoisotopic (exact) mass is 365 g/mol. The van der Waals surface area contributed by atoms with Crippen LogP contribution in [-0.2, 0) is 16.6 Å². The molecule has 0 fully saturated rings. The molecule has 2 rings (SSSR count). The normalized spacial score (nSPS) is 11.2. The van der Waals surface area contributed by atoms with Crippen molar-refractivity contribution in [2.45, 2.75) is 25.3 Å². The second-order valence-electron chi connectivity index (χ2n) is 5.58. The lowest BCUT2D eigenvalue weighted by molar-refractivity contribution is 0.251. The van der Waals surface area contributed by atoms with Crippen LogP contribution in [-0.4, -0.2) is 21.5 Å². The van der Waals surface area contributed by atoms with Crippen LogP contribution in [0.25, 0.3) is 0 Å². The summed E-state index contributed by atoms with van der Waals surface area (Å²) in [6.07, 6.45) is 0. The molecule has 2 aromatic rings. The smallest absolute Gasteiger partial charge is 0.319 e. The molecule has 0 bridgehead atoms. The first-order valence-corrected chi connectivity index (χ1v) is 9.05. The fraction of sp³-hybridized carbons (Fsp3) is 0.235. The maximum atomic E-state index is 13.2. The van der Waals surface area contributed by atoms with E-state index in [1.54, 1.807) is 38.1 Å². The molecular weight excluding hydrogens is 345 g/mol. The number of urea groups is 1. The predicted octanol–water partition coefficient (Wildman–Crippen LogP) is 2.67. The molecule has 0 heterocycles. The van der Waals surface area contributed by atoms with Gasteiger partial charge in [0, 0.05) is 12.2 Å². The minimum absolute atomic E-state index is 0.0990. The fourth-order valence-corrected chi connectivity index (χ4v) is 3.25. The maximum absolute atomic E-state index is 13.2. The number of nitrogens with one attached hydrogen (secondary N) is 3. The molecule has 0 aliphatic rings. The van der Waals surface area contributed by atoms with Crippen LogP contribution in [0.3, 0.4) is 0 Å². The quantitative estimate of drug-likeness (QED) is 0.761. The molecule has 3 N–H and O–H groups in total. The standard InChI is InChI=1S/C17H20FN3O3S/c1-11-4-6-14(9-16(11)25(23,24)19-3)21-17(22)20-10-13-5-7-15(18)12(2)8-13/h4-9,19H,10H2,1-3H3,(H2,20,21,22). The summed E-state index contributed by atoms with van der Waals surface area (Å²) in [4.78, 5) is 12.1. The molecule has 0 aliphatic heterocycles. The maximum Gasteiger partial charge on any atom is 0.319 e. The third kappa shape index (κ3) is 4.77. The molecule has 6 nitrogen and oxygen atoms in total. The van der Waals surface area contributed by atoms with Crippen molar-refractivity contribution >= 4 is 21.7 Å². The SMILES string of the molecule is CNS(=O)(=O)c1cc(NC(=O)NCc2ccc(F)c(C)c2)ccc1C. The van der Waals surface area contributed by atoms with Gasteiger partial charge in [-0.1, -0.05) is 18.2 Å². The Balaban J connectivity index is 2.05. The van der Waals surface area contributed by atoms with Crippen LogP contribution < -0.4 is 15.4 Å². The molecule has 25 heavy (non-hydrogen) atoms. The van der Waals surface area contributed by atoms with Crippen molar-refractivity contribution in [3.05, 3.63) is 58.9 Å². The topological polar surface area (TPSA) is 87.3 Å². The van der Waals surface area contributed by atoms with Crippen molar-refractivity contribution in [1.82, 2.24) is 10.0 Å². The van der Waals surface area contributed by atoms with E-state index in [2.05, 4.69) is 15.4 Å². The van der Waals surface area contributed by atoms with Gasteiger partial charge in [-0.3, -0.25) is 0 Å². The molecule has 0 saturated heterocycles. The average Bonchev–Trinajstić information content (AvgIpc) is 2.57.